The van der Waals surface area contributed by atoms with Gasteiger partial charge < -0.3 is 19.9 Å². The zero-order chi connectivity index (χ0) is 18.0. The lowest BCUT2D eigenvalue weighted by Crippen LogP contribution is -2.41. The molecular weight excluding hydrogens is 340 g/mol. The van der Waals surface area contributed by atoms with Crippen LogP contribution in [0.5, 0.6) is 0 Å². The maximum absolute atomic E-state index is 12.5. The van der Waals surface area contributed by atoms with Gasteiger partial charge in [-0.15, -0.1) is 11.3 Å². The molecule has 3 heterocycles. The van der Waals surface area contributed by atoms with Gasteiger partial charge in [-0.2, -0.15) is 0 Å². The molecule has 1 atom stereocenters. The number of nitrogens with one attached hydrogen (secondary N) is 1. The second-order valence-corrected chi connectivity index (χ2v) is 8.15. The lowest BCUT2D eigenvalue weighted by atomic mass is 9.95. The van der Waals surface area contributed by atoms with Gasteiger partial charge >= 0.3 is 12.1 Å². The number of hydrogen-bond donors (Lipinski definition) is 1. The summed E-state index contributed by atoms with van der Waals surface area (Å²) < 4.78 is 5.59. The van der Waals surface area contributed by atoms with Crippen molar-refractivity contribution in [1.82, 2.24) is 20.1 Å². The van der Waals surface area contributed by atoms with Crippen LogP contribution in [0.2, 0.25) is 0 Å². The van der Waals surface area contributed by atoms with Gasteiger partial charge in [0.05, 0.1) is 23.8 Å². The molecule has 2 saturated heterocycles. The summed E-state index contributed by atoms with van der Waals surface area (Å²) in [5, 5.41) is 4.05. The minimum atomic E-state index is -0.426. The van der Waals surface area contributed by atoms with Gasteiger partial charge in [-0.25, -0.2) is 14.6 Å². The molecule has 0 unspecified atom stereocenters. The molecule has 3 rings (SSSR count). The van der Waals surface area contributed by atoms with Crippen molar-refractivity contribution in [2.45, 2.75) is 51.7 Å². The van der Waals surface area contributed by atoms with Crippen LogP contribution < -0.4 is 5.32 Å². The molecule has 7 nitrogen and oxygen atoms in total. The molecule has 0 bridgehead atoms. The minimum Gasteiger partial charge on any atom is -0.441 e. The first-order chi connectivity index (χ1) is 11.9. The Labute approximate surface area is 152 Å². The standard InChI is InChI=1S/C17H26N4O3S/c1-4-13-14(25-12(2)19-13)10-18-15(22)21-8-5-6-17(7-9-21)11-20(3)16(23)24-17/h4-11H2,1-3H3,(H,18,22)/t17-/m1/s1. The summed E-state index contributed by atoms with van der Waals surface area (Å²) in [6.07, 6.45) is 2.96. The molecule has 1 N–H and O–H groups in total. The van der Waals surface area contributed by atoms with Crippen molar-refractivity contribution in [3.05, 3.63) is 15.6 Å². The molecule has 2 aliphatic rings. The fourth-order valence-electron chi connectivity index (χ4n) is 3.62. The summed E-state index contributed by atoms with van der Waals surface area (Å²) >= 11 is 1.64. The smallest absolute Gasteiger partial charge is 0.410 e. The number of carbonyl (C=O) groups excluding carboxylic acids is 2. The largest absolute Gasteiger partial charge is 0.441 e. The Hall–Kier alpha value is -1.83. The third kappa shape index (κ3) is 3.89. The van der Waals surface area contributed by atoms with E-state index in [-0.39, 0.29) is 12.1 Å². The summed E-state index contributed by atoms with van der Waals surface area (Å²) in [7, 11) is 1.76. The van der Waals surface area contributed by atoms with Gasteiger partial charge in [0.25, 0.3) is 0 Å². The quantitative estimate of drug-likeness (QED) is 0.892. The van der Waals surface area contributed by atoms with Crippen molar-refractivity contribution in [3.63, 3.8) is 0 Å². The second kappa shape index (κ2) is 7.19. The molecule has 0 radical (unpaired) electrons. The maximum Gasteiger partial charge on any atom is 0.410 e. The normalized spacial score (nSPS) is 23.7. The van der Waals surface area contributed by atoms with Crippen LogP contribution in [-0.2, 0) is 17.7 Å². The average molecular weight is 366 g/mol. The highest BCUT2D eigenvalue weighted by Crippen LogP contribution is 2.32. The highest BCUT2D eigenvalue weighted by atomic mass is 32.1. The number of likely N-dealkylation sites (N-methyl/N-ethyl adjacent to an activating group) is 1. The van der Waals surface area contributed by atoms with E-state index in [1.165, 1.54) is 0 Å². The fraction of sp³-hybridized carbons (Fsp3) is 0.706. The Kier molecular flexibility index (Phi) is 5.17. The van der Waals surface area contributed by atoms with Gasteiger partial charge in [0, 0.05) is 31.4 Å². The van der Waals surface area contributed by atoms with E-state index >= 15 is 0 Å². The molecule has 138 valence electrons. The highest BCUT2D eigenvalue weighted by molar-refractivity contribution is 7.11. The highest BCUT2D eigenvalue weighted by Gasteiger charge is 2.44. The van der Waals surface area contributed by atoms with Crippen LogP contribution in [0.15, 0.2) is 0 Å². The third-order valence-electron chi connectivity index (χ3n) is 4.95. The molecule has 8 heteroatoms. The number of aromatic nitrogens is 1. The summed E-state index contributed by atoms with van der Waals surface area (Å²) in [4.78, 5) is 33.3. The topological polar surface area (TPSA) is 74.8 Å². The number of nitrogens with zero attached hydrogens (tertiary/aromatic N) is 3. The summed E-state index contributed by atoms with van der Waals surface area (Å²) in [5.74, 6) is 0. The number of hydrogen-bond acceptors (Lipinski definition) is 5. The van der Waals surface area contributed by atoms with Crippen LogP contribution in [0.4, 0.5) is 9.59 Å². The number of ether oxygens (including phenoxy) is 1. The van der Waals surface area contributed by atoms with E-state index in [0.717, 1.165) is 34.8 Å². The molecule has 0 aliphatic carbocycles. The number of carbonyl (C=O) groups is 2. The Morgan fingerprint density at radius 1 is 1.40 bits per heavy atom. The van der Waals surface area contributed by atoms with Gasteiger partial charge in [0.15, 0.2) is 0 Å². The Balaban J connectivity index is 1.55. The van der Waals surface area contributed by atoms with Crippen LogP contribution in [0.3, 0.4) is 0 Å². The van der Waals surface area contributed by atoms with E-state index in [2.05, 4.69) is 17.2 Å². The molecule has 0 saturated carbocycles. The van der Waals surface area contributed by atoms with Crippen LogP contribution in [0.1, 0.15) is 41.8 Å². The molecule has 0 aromatic carbocycles. The molecular formula is C17H26N4O3S. The lowest BCUT2D eigenvalue weighted by molar-refractivity contribution is 0.0453. The molecule has 2 fully saturated rings. The number of amides is 3. The molecule has 1 spiro atoms. The zero-order valence-corrected chi connectivity index (χ0v) is 15.9. The molecule has 25 heavy (non-hydrogen) atoms. The van der Waals surface area contributed by atoms with Crippen molar-refractivity contribution in [2.24, 2.45) is 0 Å². The summed E-state index contributed by atoms with van der Waals surface area (Å²) in [6.45, 7) is 6.50. The van der Waals surface area contributed by atoms with E-state index < -0.39 is 5.60 Å². The molecule has 3 amide bonds. The lowest BCUT2D eigenvalue weighted by Gasteiger charge is -2.25. The summed E-state index contributed by atoms with van der Waals surface area (Å²) in [5.41, 5.74) is 0.643. The third-order valence-corrected chi connectivity index (χ3v) is 5.96. The SMILES string of the molecule is CCc1nc(C)sc1CNC(=O)N1CCC[C@@]2(CC1)CN(C)C(=O)O2. The van der Waals surface area contributed by atoms with Crippen LogP contribution in [0, 0.1) is 6.92 Å². The monoisotopic (exact) mass is 366 g/mol. The van der Waals surface area contributed by atoms with Crippen molar-refractivity contribution >= 4 is 23.5 Å². The summed E-state index contributed by atoms with van der Waals surface area (Å²) in [6, 6.07) is -0.0529. The number of thiazole rings is 1. The zero-order valence-electron chi connectivity index (χ0n) is 15.1. The number of urea groups is 1. The van der Waals surface area contributed by atoms with Crippen molar-refractivity contribution in [1.29, 1.82) is 0 Å². The second-order valence-electron chi connectivity index (χ2n) is 6.86. The van der Waals surface area contributed by atoms with Crippen LogP contribution in [-0.4, -0.2) is 59.2 Å². The predicted octanol–water partition coefficient (Wildman–Crippen LogP) is 2.53. The van der Waals surface area contributed by atoms with Gasteiger partial charge in [0.2, 0.25) is 0 Å². The maximum atomic E-state index is 12.5. The molecule has 1 aromatic heterocycles. The Morgan fingerprint density at radius 3 is 2.88 bits per heavy atom. The van der Waals surface area contributed by atoms with Crippen molar-refractivity contribution in [2.75, 3.05) is 26.7 Å². The fourth-order valence-corrected chi connectivity index (χ4v) is 4.58. The molecule has 2 aliphatic heterocycles. The Morgan fingerprint density at radius 2 is 2.20 bits per heavy atom. The first-order valence-electron chi connectivity index (χ1n) is 8.84. The van der Waals surface area contributed by atoms with Crippen LogP contribution in [0.25, 0.3) is 0 Å². The minimum absolute atomic E-state index is 0.0529. The first-order valence-corrected chi connectivity index (χ1v) is 9.66. The van der Waals surface area contributed by atoms with E-state index in [0.29, 0.717) is 32.6 Å². The van der Waals surface area contributed by atoms with Crippen molar-refractivity contribution < 1.29 is 14.3 Å². The van der Waals surface area contributed by atoms with E-state index in [1.807, 2.05) is 11.8 Å². The molecule has 1 aromatic rings. The number of aryl methyl sites for hydroxylation is 2. The number of likely N-dealkylation sites (tertiary alicyclic amines) is 1. The van der Waals surface area contributed by atoms with Gasteiger partial charge in [-0.1, -0.05) is 6.92 Å². The van der Waals surface area contributed by atoms with Gasteiger partial charge in [-0.05, 0) is 26.2 Å². The number of rotatable bonds is 3. The van der Waals surface area contributed by atoms with Gasteiger partial charge in [-0.3, -0.25) is 0 Å². The predicted molar refractivity (Wildman–Crippen MR) is 95.7 cm³/mol. The first kappa shape index (κ1) is 18.0. The van der Waals surface area contributed by atoms with Crippen molar-refractivity contribution in [3.8, 4) is 0 Å². The van der Waals surface area contributed by atoms with Crippen LogP contribution >= 0.6 is 11.3 Å². The van der Waals surface area contributed by atoms with Gasteiger partial charge in [0.1, 0.15) is 5.60 Å². The van der Waals surface area contributed by atoms with E-state index in [1.54, 1.807) is 23.3 Å². The Bertz CT molecular complexity index is 662. The average Bonchev–Trinajstić information content (AvgIpc) is 2.98. The van der Waals surface area contributed by atoms with E-state index in [9.17, 15) is 9.59 Å². The van der Waals surface area contributed by atoms with E-state index in [4.69, 9.17) is 4.74 Å².